The van der Waals surface area contributed by atoms with E-state index in [0.717, 1.165) is 11.3 Å². The number of aromatic nitrogens is 4. The molecule has 13 heteroatoms. The molecule has 2 N–H and O–H groups in total. The van der Waals surface area contributed by atoms with Gasteiger partial charge in [-0.05, 0) is 42.0 Å². The monoisotopic (exact) mass is 500 g/mol. The minimum atomic E-state index is -4.17. The molecule has 1 aromatic carbocycles. The van der Waals surface area contributed by atoms with Crippen LogP contribution < -0.4 is 5.49 Å². The highest BCUT2D eigenvalue weighted by molar-refractivity contribution is 7.92. The maximum atomic E-state index is 13.6. The number of sulfone groups is 1. The standard InChI is InChI=1S/C20H13ClN6O4S2/c1-11(28)25-16-8-12(6-7-27(16)29)17-15(9-22)19(18(32-17)20-23-10-24-26-20)33(30,31)14-4-2-13(21)3-5-14/h2-8,10,29H,1H3,(H,23,24,26). The number of carbonyl (C=O) groups is 1. The van der Waals surface area contributed by atoms with Gasteiger partial charge >= 0.3 is 0 Å². The number of thiophene rings is 1. The average Bonchev–Trinajstić information content (AvgIpc) is 3.43. The first-order valence-corrected chi connectivity index (χ1v) is 11.8. The molecule has 0 aliphatic rings. The molecule has 0 bridgehead atoms. The lowest BCUT2D eigenvalue weighted by Crippen LogP contribution is -2.19. The van der Waals surface area contributed by atoms with Crippen molar-refractivity contribution in [2.75, 3.05) is 0 Å². The van der Waals surface area contributed by atoms with Crippen molar-refractivity contribution in [2.45, 2.75) is 16.7 Å². The number of halogens is 1. The molecule has 0 aliphatic heterocycles. The Morgan fingerprint density at radius 2 is 2.00 bits per heavy atom. The molecule has 1 amide bonds. The maximum absolute atomic E-state index is 13.6. The van der Waals surface area contributed by atoms with Crippen molar-refractivity contribution >= 4 is 38.7 Å². The van der Waals surface area contributed by atoms with Crippen LogP contribution in [0.25, 0.3) is 21.1 Å². The van der Waals surface area contributed by atoms with Crippen molar-refractivity contribution in [1.82, 2.24) is 19.9 Å². The van der Waals surface area contributed by atoms with Gasteiger partial charge in [-0.3, -0.25) is 9.89 Å². The Morgan fingerprint density at radius 3 is 2.61 bits per heavy atom. The van der Waals surface area contributed by atoms with Crippen LogP contribution in [0.2, 0.25) is 5.02 Å². The lowest BCUT2D eigenvalue weighted by Gasteiger charge is -2.06. The molecule has 3 aromatic heterocycles. The maximum Gasteiger partial charge on any atom is 0.244 e. The number of aromatic amines is 1. The molecule has 4 aromatic rings. The highest BCUT2D eigenvalue weighted by Crippen LogP contribution is 2.44. The first-order valence-electron chi connectivity index (χ1n) is 9.13. The van der Waals surface area contributed by atoms with E-state index in [9.17, 15) is 23.7 Å². The van der Waals surface area contributed by atoms with Gasteiger partial charge in [-0.2, -0.15) is 20.1 Å². The third kappa shape index (κ3) is 4.17. The normalized spacial score (nSPS) is 12.0. The van der Waals surface area contributed by atoms with Crippen molar-refractivity contribution in [2.24, 2.45) is 4.99 Å². The number of benzene rings is 1. The van der Waals surface area contributed by atoms with E-state index in [1.54, 1.807) is 0 Å². The molecule has 0 radical (unpaired) electrons. The van der Waals surface area contributed by atoms with Gasteiger partial charge in [0.2, 0.25) is 15.7 Å². The van der Waals surface area contributed by atoms with Gasteiger partial charge in [0.05, 0.1) is 20.2 Å². The number of hydrogen-bond acceptors (Lipinski definition) is 8. The van der Waals surface area contributed by atoms with Gasteiger partial charge < -0.3 is 5.21 Å². The minimum Gasteiger partial charge on any atom is -0.427 e. The zero-order valence-electron chi connectivity index (χ0n) is 16.7. The highest BCUT2D eigenvalue weighted by atomic mass is 35.5. The van der Waals surface area contributed by atoms with Crippen molar-refractivity contribution in [3.8, 4) is 27.2 Å². The van der Waals surface area contributed by atoms with E-state index in [2.05, 4.69) is 20.2 Å². The summed E-state index contributed by atoms with van der Waals surface area (Å²) in [5.74, 6) is -0.382. The van der Waals surface area contributed by atoms with E-state index in [4.69, 9.17) is 11.6 Å². The third-order valence-corrected chi connectivity index (χ3v) is 7.91. The van der Waals surface area contributed by atoms with E-state index in [0.29, 0.717) is 15.3 Å². The highest BCUT2D eigenvalue weighted by Gasteiger charge is 2.32. The zero-order valence-corrected chi connectivity index (χ0v) is 19.1. The van der Waals surface area contributed by atoms with Gasteiger partial charge in [0.15, 0.2) is 11.3 Å². The molecule has 10 nitrogen and oxygen atoms in total. The molecule has 0 spiro atoms. The van der Waals surface area contributed by atoms with Crippen LogP contribution in [0, 0.1) is 11.3 Å². The molecule has 4 rings (SSSR count). The summed E-state index contributed by atoms with van der Waals surface area (Å²) in [6, 6.07) is 10.4. The SMILES string of the molecule is CC(=O)N=c1cc(-c2sc(-c3ncn[nH]3)c(S(=O)(=O)c3ccc(Cl)cc3)c2C#N)ccn1O. The molecule has 0 unspecified atom stereocenters. The number of carbonyl (C=O) groups excluding carboxylic acids is 1. The molecule has 0 fully saturated rings. The van der Waals surface area contributed by atoms with Crippen LogP contribution >= 0.6 is 22.9 Å². The fourth-order valence-corrected chi connectivity index (χ4v) is 6.27. The molecule has 0 atom stereocenters. The Morgan fingerprint density at radius 1 is 1.27 bits per heavy atom. The van der Waals surface area contributed by atoms with E-state index in [1.165, 1.54) is 55.8 Å². The predicted octanol–water partition coefficient (Wildman–Crippen LogP) is 3.04. The molecular formula is C20H13ClN6O4S2. The quantitative estimate of drug-likeness (QED) is 0.408. The second kappa shape index (κ2) is 8.62. The van der Waals surface area contributed by atoms with Gasteiger partial charge in [0.1, 0.15) is 17.3 Å². The van der Waals surface area contributed by atoms with Crippen LogP contribution in [0.5, 0.6) is 0 Å². The predicted molar refractivity (Wildman–Crippen MR) is 118 cm³/mol. The summed E-state index contributed by atoms with van der Waals surface area (Å²) in [5.41, 5.74) is 0.173. The minimum absolute atomic E-state index is 0.0537. The Hall–Kier alpha value is -3.79. The van der Waals surface area contributed by atoms with Crippen molar-refractivity contribution in [1.29, 1.82) is 5.26 Å². The van der Waals surface area contributed by atoms with Crippen molar-refractivity contribution in [3.05, 3.63) is 65.0 Å². The van der Waals surface area contributed by atoms with E-state index in [1.807, 2.05) is 6.07 Å². The number of nitrogens with one attached hydrogen (secondary N) is 1. The number of rotatable bonds is 4. The van der Waals surface area contributed by atoms with E-state index in [-0.39, 0.29) is 36.4 Å². The third-order valence-electron chi connectivity index (χ3n) is 4.45. The van der Waals surface area contributed by atoms with Crippen LogP contribution in [0.1, 0.15) is 12.5 Å². The fraction of sp³-hybridized carbons (Fsp3) is 0.0500. The fourth-order valence-electron chi connectivity index (χ4n) is 3.05. The lowest BCUT2D eigenvalue weighted by atomic mass is 10.1. The number of nitrogens with zero attached hydrogens (tertiary/aromatic N) is 5. The lowest BCUT2D eigenvalue weighted by molar-refractivity contribution is -0.116. The van der Waals surface area contributed by atoms with Gasteiger partial charge in [-0.15, -0.1) is 11.3 Å². The summed E-state index contributed by atoms with van der Waals surface area (Å²) in [5, 5.41) is 26.7. The van der Waals surface area contributed by atoms with Crippen molar-refractivity contribution in [3.63, 3.8) is 0 Å². The topological polar surface area (TPSA) is 154 Å². The first-order chi connectivity index (χ1) is 15.7. The second-order valence-electron chi connectivity index (χ2n) is 6.62. The van der Waals surface area contributed by atoms with Gasteiger partial charge in [-0.1, -0.05) is 11.6 Å². The number of H-pyrrole nitrogens is 1. The summed E-state index contributed by atoms with van der Waals surface area (Å²) >= 11 is 6.90. The molecule has 33 heavy (non-hydrogen) atoms. The Balaban J connectivity index is 2.04. The largest absolute Gasteiger partial charge is 0.427 e. The summed E-state index contributed by atoms with van der Waals surface area (Å²) in [4.78, 5) is 19.4. The van der Waals surface area contributed by atoms with Gasteiger partial charge in [0, 0.05) is 18.1 Å². The molecular weight excluding hydrogens is 488 g/mol. The van der Waals surface area contributed by atoms with Crippen LogP contribution in [0.15, 0.2) is 63.7 Å². The molecule has 0 aliphatic carbocycles. The van der Waals surface area contributed by atoms with E-state index < -0.39 is 15.7 Å². The van der Waals surface area contributed by atoms with Gasteiger partial charge in [0.25, 0.3) is 0 Å². The molecule has 3 heterocycles. The number of hydrogen-bond donors (Lipinski definition) is 2. The number of nitriles is 1. The van der Waals surface area contributed by atoms with Crippen LogP contribution in [-0.2, 0) is 14.6 Å². The summed E-state index contributed by atoms with van der Waals surface area (Å²) in [6.07, 6.45) is 2.46. The molecule has 166 valence electrons. The summed E-state index contributed by atoms with van der Waals surface area (Å²) in [7, 11) is -4.17. The van der Waals surface area contributed by atoms with Crippen molar-refractivity contribution < 1.29 is 18.4 Å². The Labute approximate surface area is 196 Å². The second-order valence-corrected chi connectivity index (χ2v) is 9.96. The van der Waals surface area contributed by atoms with Crippen LogP contribution in [0.3, 0.4) is 0 Å². The smallest absolute Gasteiger partial charge is 0.244 e. The van der Waals surface area contributed by atoms with Gasteiger partial charge in [-0.25, -0.2) is 13.4 Å². The number of amides is 1. The Bertz CT molecular complexity index is 1580. The molecule has 0 saturated carbocycles. The summed E-state index contributed by atoms with van der Waals surface area (Å²) < 4.78 is 27.8. The summed E-state index contributed by atoms with van der Waals surface area (Å²) in [6.45, 7) is 1.22. The average molecular weight is 501 g/mol. The van der Waals surface area contributed by atoms with Crippen LogP contribution in [0.4, 0.5) is 0 Å². The molecule has 0 saturated heterocycles. The Kier molecular flexibility index (Phi) is 5.86. The zero-order chi connectivity index (χ0) is 23.8. The van der Waals surface area contributed by atoms with Crippen LogP contribution in [-0.4, -0.2) is 39.4 Å². The number of pyridine rings is 1. The van der Waals surface area contributed by atoms with E-state index >= 15 is 0 Å². The first kappa shape index (κ1) is 22.4.